The van der Waals surface area contributed by atoms with E-state index in [-0.39, 0.29) is 24.8 Å². The number of hydrogen-bond acceptors (Lipinski definition) is 7. The number of aliphatic carboxylic acids is 3. The summed E-state index contributed by atoms with van der Waals surface area (Å²) in [6, 6.07) is 12.3. The number of alkyl halides is 6. The third-order valence-corrected chi connectivity index (χ3v) is 7.12. The molecule has 10 nitrogen and oxygen atoms in total. The first-order chi connectivity index (χ1) is 21.9. The van der Waals surface area contributed by atoms with Crippen LogP contribution in [0.2, 0.25) is 5.02 Å². The monoisotopic (exact) mass is 720 g/mol. The van der Waals surface area contributed by atoms with Crippen LogP contribution < -0.4 is 10.1 Å². The van der Waals surface area contributed by atoms with Crippen molar-refractivity contribution in [1.82, 2.24) is 10.2 Å². The normalized spacial score (nSPS) is 19.5. The quantitative estimate of drug-likeness (QED) is 0.202. The maximum atomic E-state index is 13.6. The highest BCUT2D eigenvalue weighted by Crippen LogP contribution is 2.26. The number of ether oxygens (including phenoxy) is 1. The molecule has 0 bridgehead atoms. The molecule has 5 N–H and O–H groups in total. The van der Waals surface area contributed by atoms with E-state index in [4.69, 9.17) is 41.2 Å². The Morgan fingerprint density at radius 3 is 1.96 bits per heavy atom. The number of nitrogens with one attached hydrogen (secondary N) is 1. The number of hydrogen-bond donors (Lipinski definition) is 5. The largest absolute Gasteiger partial charge is 0.490 e. The minimum Gasteiger partial charge on any atom is -0.490 e. The number of likely N-dealkylation sites (tertiary alicyclic amines) is 1. The summed E-state index contributed by atoms with van der Waals surface area (Å²) in [5.74, 6) is -6.55. The molecule has 1 aliphatic heterocycles. The van der Waals surface area contributed by atoms with Crippen LogP contribution in [0.15, 0.2) is 42.5 Å². The molecule has 0 aromatic heterocycles. The summed E-state index contributed by atoms with van der Waals surface area (Å²) < 4.78 is 82.8. The van der Waals surface area contributed by atoms with Gasteiger partial charge in [0.25, 0.3) is 0 Å². The van der Waals surface area contributed by atoms with Crippen LogP contribution in [0.5, 0.6) is 5.75 Å². The molecule has 0 amide bonds. The molecule has 48 heavy (non-hydrogen) atoms. The number of carboxylic acid groups (broad SMARTS) is 3. The molecule has 2 unspecified atom stereocenters. The summed E-state index contributed by atoms with van der Waals surface area (Å²) >= 11 is 6.00. The van der Waals surface area contributed by atoms with Crippen LogP contribution in [-0.2, 0) is 27.3 Å². The minimum atomic E-state index is -5.08. The van der Waals surface area contributed by atoms with E-state index in [1.807, 2.05) is 12.1 Å². The van der Waals surface area contributed by atoms with Gasteiger partial charge in [-0.1, -0.05) is 36.7 Å². The number of aliphatic hydroxyl groups is 1. The predicted molar refractivity (Wildman–Crippen MR) is 158 cm³/mol. The first-order valence-electron chi connectivity index (χ1n) is 14.1. The Morgan fingerprint density at radius 1 is 0.958 bits per heavy atom. The van der Waals surface area contributed by atoms with Crippen LogP contribution in [0, 0.1) is 11.7 Å². The van der Waals surface area contributed by atoms with Gasteiger partial charge in [0.05, 0.1) is 6.42 Å². The third kappa shape index (κ3) is 16.0. The number of carbonyl (C=O) groups is 3. The highest BCUT2D eigenvalue weighted by molar-refractivity contribution is 6.30. The Morgan fingerprint density at radius 2 is 1.48 bits per heavy atom. The average molecular weight is 721 g/mol. The number of nitrogens with zero attached hydrogens (tertiary/aromatic N) is 1. The summed E-state index contributed by atoms with van der Waals surface area (Å²) in [5, 5.41) is 38.4. The Hall–Kier alpha value is -3.67. The van der Waals surface area contributed by atoms with Crippen molar-refractivity contribution in [3.05, 3.63) is 64.4 Å². The topological polar surface area (TPSA) is 157 Å². The van der Waals surface area contributed by atoms with Crippen molar-refractivity contribution >= 4 is 29.5 Å². The fourth-order valence-corrected chi connectivity index (χ4v) is 4.49. The van der Waals surface area contributed by atoms with E-state index in [1.54, 1.807) is 6.92 Å². The fraction of sp³-hybridized carbons (Fsp3) is 0.500. The van der Waals surface area contributed by atoms with Gasteiger partial charge in [0.2, 0.25) is 0 Å². The Bertz CT molecular complexity index is 1330. The van der Waals surface area contributed by atoms with E-state index in [0.29, 0.717) is 24.1 Å². The van der Waals surface area contributed by atoms with Gasteiger partial charge in [-0.2, -0.15) is 26.3 Å². The van der Waals surface area contributed by atoms with Crippen LogP contribution in [0.3, 0.4) is 0 Å². The van der Waals surface area contributed by atoms with Gasteiger partial charge in [0.1, 0.15) is 23.8 Å². The molecule has 4 atom stereocenters. The number of piperidine rings is 1. The second-order valence-electron chi connectivity index (χ2n) is 11.3. The van der Waals surface area contributed by atoms with Gasteiger partial charge < -0.3 is 30.5 Å². The zero-order valence-electron chi connectivity index (χ0n) is 25.9. The van der Waals surface area contributed by atoms with E-state index >= 15 is 0 Å². The zero-order chi connectivity index (χ0) is 37.0. The summed E-state index contributed by atoms with van der Waals surface area (Å²) in [5.41, 5.74) is 0.388. The molecule has 1 heterocycles. The van der Waals surface area contributed by atoms with Crippen molar-refractivity contribution in [2.45, 2.75) is 70.2 Å². The molecule has 2 aromatic rings. The Kier molecular flexibility index (Phi) is 16.1. The van der Waals surface area contributed by atoms with Crippen LogP contribution >= 0.6 is 11.6 Å². The molecule has 3 rings (SSSR count). The molecule has 0 radical (unpaired) electrons. The molecule has 0 aliphatic carbocycles. The molecule has 0 saturated carbocycles. The zero-order valence-corrected chi connectivity index (χ0v) is 26.7. The highest BCUT2D eigenvalue weighted by atomic mass is 35.5. The SMILES string of the molecule is C[C@H]1CN(Cc2ccc(Cl)cc2)[C@@H](C)CC1NCC(C)(O)COc1cc(F)ccc1CC(=O)O.O=C(O)C(F)(F)F.O=C(O)C(F)(F)F. The molecule has 1 saturated heterocycles. The number of rotatable bonds is 10. The molecular weight excluding hydrogens is 685 g/mol. The second-order valence-corrected chi connectivity index (χ2v) is 11.8. The summed E-state index contributed by atoms with van der Waals surface area (Å²) in [7, 11) is 0. The van der Waals surface area contributed by atoms with Gasteiger partial charge >= 0.3 is 30.3 Å². The van der Waals surface area contributed by atoms with Gasteiger partial charge in [0.15, 0.2) is 0 Å². The lowest BCUT2D eigenvalue weighted by molar-refractivity contribution is -0.193. The van der Waals surface area contributed by atoms with Gasteiger partial charge in [0, 0.05) is 48.4 Å². The third-order valence-electron chi connectivity index (χ3n) is 6.87. The number of halogens is 8. The van der Waals surface area contributed by atoms with Crippen molar-refractivity contribution in [2.75, 3.05) is 19.7 Å². The van der Waals surface area contributed by atoms with Crippen molar-refractivity contribution in [3.63, 3.8) is 0 Å². The maximum Gasteiger partial charge on any atom is 0.490 e. The minimum absolute atomic E-state index is 0.0879. The van der Waals surface area contributed by atoms with Crippen molar-refractivity contribution in [2.24, 2.45) is 5.92 Å². The van der Waals surface area contributed by atoms with E-state index in [9.17, 15) is 40.6 Å². The first kappa shape index (κ1) is 42.4. The lowest BCUT2D eigenvalue weighted by atomic mass is 9.88. The fourth-order valence-electron chi connectivity index (χ4n) is 4.36. The number of carboxylic acids is 3. The second kappa shape index (κ2) is 18.2. The van der Waals surface area contributed by atoms with Crippen LogP contribution in [0.25, 0.3) is 0 Å². The standard InChI is InChI=1S/C26H34ClFN2O4.2C2HF3O2/c1-17-13-30(14-19-4-7-21(27)8-5-19)18(2)10-23(17)29-15-26(3,33)16-34-24-12-22(28)9-6-20(24)11-25(31)32;2*3-2(4,5)1(6)7/h4-9,12,17-18,23,29,33H,10-11,13-16H2,1-3H3,(H,31,32);2*(H,6,7)/t17-,18-,23?,26?;;/m0../s1. The molecule has 1 aliphatic rings. The van der Waals surface area contributed by atoms with E-state index in [1.165, 1.54) is 17.7 Å². The molecule has 270 valence electrons. The van der Waals surface area contributed by atoms with E-state index in [0.717, 1.165) is 30.6 Å². The van der Waals surface area contributed by atoms with Gasteiger partial charge in [-0.3, -0.25) is 9.69 Å². The molecule has 18 heteroatoms. The summed E-state index contributed by atoms with van der Waals surface area (Å²) in [6.07, 6.45) is -9.50. The van der Waals surface area contributed by atoms with Crippen molar-refractivity contribution in [3.8, 4) is 5.75 Å². The van der Waals surface area contributed by atoms with Crippen LogP contribution in [-0.4, -0.2) is 93.0 Å². The Balaban J connectivity index is 0.000000687. The molecule has 0 spiro atoms. The molecule has 1 fully saturated rings. The number of benzene rings is 2. The summed E-state index contributed by atoms with van der Waals surface area (Å²) in [4.78, 5) is 31.3. The van der Waals surface area contributed by atoms with Crippen molar-refractivity contribution < 1.29 is 70.3 Å². The first-order valence-corrected chi connectivity index (χ1v) is 14.5. The molecule has 2 aromatic carbocycles. The van der Waals surface area contributed by atoms with Crippen LogP contribution in [0.1, 0.15) is 38.3 Å². The Labute approximate surface area is 276 Å². The van der Waals surface area contributed by atoms with E-state index in [2.05, 4.69) is 36.2 Å². The van der Waals surface area contributed by atoms with Gasteiger partial charge in [-0.15, -0.1) is 0 Å². The average Bonchev–Trinajstić information content (AvgIpc) is 2.95. The van der Waals surface area contributed by atoms with E-state index < -0.39 is 41.7 Å². The van der Waals surface area contributed by atoms with Gasteiger partial charge in [-0.05, 0) is 49.9 Å². The predicted octanol–water partition coefficient (Wildman–Crippen LogP) is 5.39. The summed E-state index contributed by atoms with van der Waals surface area (Å²) in [6.45, 7) is 8.08. The van der Waals surface area contributed by atoms with Crippen molar-refractivity contribution in [1.29, 1.82) is 0 Å². The smallest absolute Gasteiger partial charge is 0.490 e. The highest BCUT2D eigenvalue weighted by Gasteiger charge is 2.39. The lowest BCUT2D eigenvalue weighted by Gasteiger charge is -2.43. The maximum absolute atomic E-state index is 13.6. The van der Waals surface area contributed by atoms with Gasteiger partial charge in [-0.25, -0.2) is 14.0 Å². The lowest BCUT2D eigenvalue weighted by Crippen LogP contribution is -2.55. The van der Waals surface area contributed by atoms with Crippen LogP contribution in [0.4, 0.5) is 30.7 Å². The molecular formula is C30H36ClF7N2O8.